The number of nitrogens with one attached hydrogen (secondary N) is 2. The number of amides is 2. The molecule has 0 fully saturated rings. The molecule has 0 bridgehead atoms. The number of halogens is 1. The maximum atomic E-state index is 13.1. The van der Waals surface area contributed by atoms with E-state index < -0.39 is 11.7 Å². The van der Waals surface area contributed by atoms with Crippen molar-refractivity contribution >= 4 is 35.0 Å². The lowest BCUT2D eigenvalue weighted by Gasteiger charge is -2.11. The van der Waals surface area contributed by atoms with Crippen LogP contribution in [0.4, 0.5) is 15.8 Å². The quantitative estimate of drug-likeness (QED) is 0.343. The van der Waals surface area contributed by atoms with Crippen molar-refractivity contribution in [2.24, 2.45) is 0 Å². The monoisotopic (exact) mass is 476 g/mol. The molecule has 2 amide bonds. The molecule has 172 valence electrons. The van der Waals surface area contributed by atoms with Crippen molar-refractivity contribution in [2.45, 2.75) is 19.1 Å². The van der Waals surface area contributed by atoms with Gasteiger partial charge in [0.15, 0.2) is 0 Å². The molecule has 1 aromatic heterocycles. The van der Waals surface area contributed by atoms with Crippen LogP contribution in [0.1, 0.15) is 21.5 Å². The van der Waals surface area contributed by atoms with Gasteiger partial charge in [0.2, 0.25) is 11.8 Å². The molecule has 4 rings (SSSR count). The molecular formula is C25H21FN4O3S. The highest BCUT2D eigenvalue weighted by Crippen LogP contribution is 2.25. The fraction of sp³-hybridized carbons (Fsp3) is 0.120. The van der Waals surface area contributed by atoms with Crippen molar-refractivity contribution in [1.82, 2.24) is 10.2 Å². The van der Waals surface area contributed by atoms with E-state index in [0.29, 0.717) is 17.3 Å². The van der Waals surface area contributed by atoms with E-state index in [1.165, 1.54) is 29.8 Å². The van der Waals surface area contributed by atoms with Crippen LogP contribution in [0.5, 0.6) is 0 Å². The smallest absolute Gasteiger partial charge is 0.277 e. The van der Waals surface area contributed by atoms with E-state index in [0.717, 1.165) is 22.9 Å². The summed E-state index contributed by atoms with van der Waals surface area (Å²) in [5.74, 6) is -0.759. The lowest BCUT2D eigenvalue weighted by molar-refractivity contribution is -0.113. The Morgan fingerprint density at radius 1 is 0.941 bits per heavy atom. The Hall–Kier alpha value is -3.98. The highest BCUT2D eigenvalue weighted by molar-refractivity contribution is 7.99. The summed E-state index contributed by atoms with van der Waals surface area (Å²) in [7, 11) is 0. The molecule has 1 heterocycles. The molecule has 4 aromatic rings. The van der Waals surface area contributed by atoms with Gasteiger partial charge in [0.05, 0.1) is 17.0 Å². The molecule has 0 aliphatic carbocycles. The third-order valence-electron chi connectivity index (χ3n) is 5.03. The molecule has 2 N–H and O–H groups in total. The number of para-hydroxylation sites is 1. The molecule has 0 spiro atoms. The number of anilines is 2. The van der Waals surface area contributed by atoms with Crippen LogP contribution < -0.4 is 10.6 Å². The molecule has 0 atom stereocenters. The van der Waals surface area contributed by atoms with E-state index >= 15 is 0 Å². The minimum atomic E-state index is -0.426. The number of carbonyl (C=O) groups is 2. The summed E-state index contributed by atoms with van der Waals surface area (Å²) in [5, 5.41) is 13.7. The third kappa shape index (κ3) is 5.68. The molecule has 34 heavy (non-hydrogen) atoms. The number of benzene rings is 3. The van der Waals surface area contributed by atoms with Gasteiger partial charge in [-0.05, 0) is 73.5 Å². The van der Waals surface area contributed by atoms with E-state index in [9.17, 15) is 14.0 Å². The fourth-order valence-corrected chi connectivity index (χ4v) is 3.66. The Labute approximate surface area is 199 Å². The molecule has 0 saturated carbocycles. The summed E-state index contributed by atoms with van der Waals surface area (Å²) in [6.07, 6.45) is 0. The molecule has 3 aromatic carbocycles. The first-order valence-electron chi connectivity index (χ1n) is 10.4. The average molecular weight is 477 g/mol. The molecule has 0 saturated heterocycles. The first-order chi connectivity index (χ1) is 16.4. The second kappa shape index (κ2) is 10.3. The van der Waals surface area contributed by atoms with Crippen LogP contribution in [-0.4, -0.2) is 27.8 Å². The zero-order chi connectivity index (χ0) is 24.1. The van der Waals surface area contributed by atoms with E-state index in [4.69, 9.17) is 4.42 Å². The average Bonchev–Trinajstić information content (AvgIpc) is 3.30. The van der Waals surface area contributed by atoms with Gasteiger partial charge < -0.3 is 15.1 Å². The number of aryl methyl sites for hydroxylation is 2. The highest BCUT2D eigenvalue weighted by atomic mass is 32.2. The Morgan fingerprint density at radius 3 is 2.47 bits per heavy atom. The Balaban J connectivity index is 1.37. The Kier molecular flexibility index (Phi) is 7.03. The van der Waals surface area contributed by atoms with E-state index in [1.54, 1.807) is 24.3 Å². The van der Waals surface area contributed by atoms with Crippen LogP contribution in [0.25, 0.3) is 11.5 Å². The number of hydrogen-bond donors (Lipinski definition) is 2. The van der Waals surface area contributed by atoms with Gasteiger partial charge in [-0.2, -0.15) is 0 Å². The zero-order valence-electron chi connectivity index (χ0n) is 18.5. The summed E-state index contributed by atoms with van der Waals surface area (Å²) in [6.45, 7) is 4.03. The van der Waals surface area contributed by atoms with Crippen LogP contribution in [0.15, 0.2) is 76.4 Å². The number of carbonyl (C=O) groups excluding carboxylic acids is 2. The maximum absolute atomic E-state index is 13.1. The van der Waals surface area contributed by atoms with Gasteiger partial charge in [-0.1, -0.05) is 30.0 Å². The topological polar surface area (TPSA) is 97.1 Å². The van der Waals surface area contributed by atoms with Crippen LogP contribution in [0.2, 0.25) is 0 Å². The minimum Gasteiger partial charge on any atom is -0.411 e. The summed E-state index contributed by atoms with van der Waals surface area (Å²) >= 11 is 1.10. The normalized spacial score (nSPS) is 10.7. The largest absolute Gasteiger partial charge is 0.411 e. The number of thioether (sulfide) groups is 1. The first kappa shape index (κ1) is 23.2. The van der Waals surface area contributed by atoms with Crippen molar-refractivity contribution in [2.75, 3.05) is 16.4 Å². The highest BCUT2D eigenvalue weighted by Gasteiger charge is 2.15. The van der Waals surface area contributed by atoms with Crippen molar-refractivity contribution in [1.29, 1.82) is 0 Å². The number of rotatable bonds is 7. The third-order valence-corrected chi connectivity index (χ3v) is 5.85. The second-order valence-electron chi connectivity index (χ2n) is 7.52. The van der Waals surface area contributed by atoms with Crippen LogP contribution in [0, 0.1) is 19.7 Å². The van der Waals surface area contributed by atoms with E-state index in [2.05, 4.69) is 20.8 Å². The zero-order valence-corrected chi connectivity index (χ0v) is 19.3. The van der Waals surface area contributed by atoms with Gasteiger partial charge in [-0.3, -0.25) is 9.59 Å². The SMILES string of the molecule is Cc1ccc(-c2nnc(SCC(=O)Nc3ccccc3C(=O)Nc3ccc(F)cc3)o2)cc1C. The van der Waals surface area contributed by atoms with Gasteiger partial charge in [0.1, 0.15) is 5.82 Å². The lowest BCUT2D eigenvalue weighted by atomic mass is 10.1. The summed E-state index contributed by atoms with van der Waals surface area (Å²) in [6, 6.07) is 17.9. The summed E-state index contributed by atoms with van der Waals surface area (Å²) < 4.78 is 18.8. The molecule has 9 heteroatoms. The van der Waals surface area contributed by atoms with Gasteiger partial charge in [-0.25, -0.2) is 4.39 Å². The second-order valence-corrected chi connectivity index (χ2v) is 8.44. The predicted molar refractivity (Wildman–Crippen MR) is 129 cm³/mol. The summed E-state index contributed by atoms with van der Waals surface area (Å²) in [5.41, 5.74) is 4.17. The Morgan fingerprint density at radius 2 is 1.71 bits per heavy atom. The Bertz CT molecular complexity index is 1340. The number of hydrogen-bond acceptors (Lipinski definition) is 6. The van der Waals surface area contributed by atoms with Crippen molar-refractivity contribution in [3.8, 4) is 11.5 Å². The number of nitrogens with zero attached hydrogens (tertiary/aromatic N) is 2. The maximum Gasteiger partial charge on any atom is 0.277 e. The summed E-state index contributed by atoms with van der Waals surface area (Å²) in [4.78, 5) is 25.2. The first-order valence-corrected chi connectivity index (χ1v) is 11.4. The van der Waals surface area contributed by atoms with Crippen LogP contribution in [0.3, 0.4) is 0 Å². The predicted octanol–water partition coefficient (Wildman–Crippen LogP) is 5.48. The van der Waals surface area contributed by atoms with Gasteiger partial charge in [0, 0.05) is 11.3 Å². The standard InChI is InChI=1S/C25H21FN4O3S/c1-15-7-8-17(13-16(15)2)24-29-30-25(33-24)34-14-22(31)28-21-6-4-3-5-20(21)23(32)27-19-11-9-18(26)10-12-19/h3-13H,14H2,1-2H3,(H,27,32)(H,28,31). The minimum absolute atomic E-state index is 0.0163. The van der Waals surface area contributed by atoms with Crippen molar-refractivity contribution in [3.05, 3.63) is 89.2 Å². The lowest BCUT2D eigenvalue weighted by Crippen LogP contribution is -2.19. The van der Waals surface area contributed by atoms with Crippen LogP contribution >= 0.6 is 11.8 Å². The van der Waals surface area contributed by atoms with Gasteiger partial charge >= 0.3 is 0 Å². The van der Waals surface area contributed by atoms with E-state index in [-0.39, 0.29) is 22.4 Å². The molecule has 0 unspecified atom stereocenters. The molecule has 7 nitrogen and oxygen atoms in total. The van der Waals surface area contributed by atoms with Gasteiger partial charge in [-0.15, -0.1) is 10.2 Å². The molecule has 0 radical (unpaired) electrons. The van der Waals surface area contributed by atoms with Crippen molar-refractivity contribution < 1.29 is 18.4 Å². The van der Waals surface area contributed by atoms with Crippen LogP contribution in [-0.2, 0) is 4.79 Å². The molecule has 0 aliphatic heterocycles. The van der Waals surface area contributed by atoms with Crippen molar-refractivity contribution in [3.63, 3.8) is 0 Å². The number of aromatic nitrogens is 2. The molecule has 0 aliphatic rings. The fourth-order valence-electron chi connectivity index (χ4n) is 3.09. The van der Waals surface area contributed by atoms with Gasteiger partial charge in [0.25, 0.3) is 11.1 Å². The van der Waals surface area contributed by atoms with E-state index in [1.807, 2.05) is 32.0 Å². The molecular weight excluding hydrogens is 455 g/mol.